The molecule has 0 bridgehead atoms. The summed E-state index contributed by atoms with van der Waals surface area (Å²) in [6.07, 6.45) is 3.40. The van der Waals surface area contributed by atoms with Gasteiger partial charge in [-0.3, -0.25) is 4.57 Å². The van der Waals surface area contributed by atoms with Gasteiger partial charge in [-0.05, 0) is 46.6 Å². The van der Waals surface area contributed by atoms with Crippen molar-refractivity contribution < 1.29 is 14.0 Å². The number of ether oxygens (including phenoxy) is 1. The van der Waals surface area contributed by atoms with Crippen LogP contribution >= 0.6 is 0 Å². The lowest BCUT2D eigenvalue weighted by atomic mass is 9.80. The van der Waals surface area contributed by atoms with E-state index < -0.39 is 18.3 Å². The number of hydrogen-bond donors (Lipinski definition) is 1. The molecule has 134 valence electrons. The van der Waals surface area contributed by atoms with Crippen LogP contribution in [-0.4, -0.2) is 46.1 Å². The van der Waals surface area contributed by atoms with Crippen molar-refractivity contribution in [2.75, 3.05) is 13.2 Å². The minimum atomic E-state index is -0.489. The van der Waals surface area contributed by atoms with Crippen LogP contribution in [0.4, 0.5) is 0 Å². The number of pyridine rings is 1. The van der Waals surface area contributed by atoms with Crippen LogP contribution in [0.3, 0.4) is 0 Å². The molecule has 0 aromatic carbocycles. The van der Waals surface area contributed by atoms with Crippen LogP contribution in [0.1, 0.15) is 46.6 Å². The summed E-state index contributed by atoms with van der Waals surface area (Å²) in [5.74, 6) is 0. The Balaban J connectivity index is 1.69. The molecule has 1 N–H and O–H groups in total. The van der Waals surface area contributed by atoms with Gasteiger partial charge in [0.2, 0.25) is 0 Å². The molecule has 7 nitrogen and oxygen atoms in total. The zero-order chi connectivity index (χ0) is 17.8. The highest BCUT2D eigenvalue weighted by atomic mass is 16.7. The predicted octanol–water partition coefficient (Wildman–Crippen LogP) is 1.38. The number of rotatable bonds is 2. The predicted molar refractivity (Wildman–Crippen MR) is 95.2 cm³/mol. The molecule has 2 fully saturated rings. The number of nitrogens with one attached hydrogen (secondary N) is 1. The van der Waals surface area contributed by atoms with Gasteiger partial charge in [0.05, 0.1) is 16.7 Å². The summed E-state index contributed by atoms with van der Waals surface area (Å²) in [6.45, 7) is 9.42. The molecule has 0 saturated carbocycles. The van der Waals surface area contributed by atoms with Crippen LogP contribution in [0, 0.1) is 0 Å². The van der Waals surface area contributed by atoms with E-state index in [2.05, 4.69) is 9.97 Å². The molecule has 0 atom stereocenters. The number of aromatic nitrogens is 3. The fraction of sp³-hybridized carbons (Fsp3) is 0.647. The second kappa shape index (κ2) is 5.69. The monoisotopic (exact) mass is 345 g/mol. The van der Waals surface area contributed by atoms with Crippen molar-refractivity contribution in [1.29, 1.82) is 0 Å². The summed E-state index contributed by atoms with van der Waals surface area (Å²) in [6, 6.07) is 2.03. The maximum absolute atomic E-state index is 12.4. The summed E-state index contributed by atoms with van der Waals surface area (Å²) in [5.41, 5.74) is 1.26. The zero-order valence-corrected chi connectivity index (χ0v) is 15.2. The Kier molecular flexibility index (Phi) is 3.83. The van der Waals surface area contributed by atoms with Crippen molar-refractivity contribution in [3.63, 3.8) is 0 Å². The molecule has 4 heterocycles. The molecule has 0 spiro atoms. The van der Waals surface area contributed by atoms with Crippen molar-refractivity contribution in [3.8, 4) is 0 Å². The highest BCUT2D eigenvalue weighted by Crippen LogP contribution is 2.36. The molecule has 2 aromatic rings. The lowest BCUT2D eigenvalue weighted by Gasteiger charge is -2.32. The number of H-pyrrole nitrogens is 1. The highest BCUT2D eigenvalue weighted by Gasteiger charge is 2.51. The topological polar surface area (TPSA) is 78.4 Å². The van der Waals surface area contributed by atoms with Gasteiger partial charge in [0.1, 0.15) is 0 Å². The Bertz CT molecular complexity index is 835. The van der Waals surface area contributed by atoms with E-state index >= 15 is 0 Å². The Morgan fingerprint density at radius 3 is 2.48 bits per heavy atom. The third-order valence-corrected chi connectivity index (χ3v) is 5.66. The second-order valence-electron chi connectivity index (χ2n) is 7.87. The molecule has 2 aliphatic rings. The molecule has 2 aromatic heterocycles. The molecule has 2 saturated heterocycles. The Morgan fingerprint density at radius 1 is 1.20 bits per heavy atom. The molecule has 4 rings (SSSR count). The third-order valence-electron chi connectivity index (χ3n) is 5.66. The van der Waals surface area contributed by atoms with Gasteiger partial charge in [0.15, 0.2) is 5.65 Å². The quantitative estimate of drug-likeness (QED) is 0.832. The molecule has 2 aliphatic heterocycles. The average Bonchev–Trinajstić information content (AvgIpc) is 2.99. The SMILES string of the molecule is CC1(C)OB(c2cnc3c(c2)[nH]c(=O)n3C2CCOCC2)OC1(C)C. The molecule has 25 heavy (non-hydrogen) atoms. The maximum atomic E-state index is 12.4. The van der Waals surface area contributed by atoms with E-state index in [0.717, 1.165) is 18.3 Å². The summed E-state index contributed by atoms with van der Waals surface area (Å²) < 4.78 is 19.3. The molecule has 8 heteroatoms. The smallest absolute Gasteiger partial charge is 0.399 e. The molecular weight excluding hydrogens is 321 g/mol. The molecule has 0 radical (unpaired) electrons. The van der Waals surface area contributed by atoms with Crippen LogP contribution in [0.15, 0.2) is 17.1 Å². The van der Waals surface area contributed by atoms with E-state index in [1.165, 1.54) is 0 Å². The van der Waals surface area contributed by atoms with Crippen LogP contribution in [0.2, 0.25) is 0 Å². The van der Waals surface area contributed by atoms with Gasteiger partial charge < -0.3 is 19.0 Å². The summed E-state index contributed by atoms with van der Waals surface area (Å²) in [4.78, 5) is 19.9. The van der Waals surface area contributed by atoms with E-state index in [4.69, 9.17) is 14.0 Å². The van der Waals surface area contributed by atoms with Gasteiger partial charge in [-0.15, -0.1) is 0 Å². The van der Waals surface area contributed by atoms with Gasteiger partial charge in [0, 0.05) is 30.9 Å². The fourth-order valence-electron chi connectivity index (χ4n) is 3.42. The van der Waals surface area contributed by atoms with Gasteiger partial charge in [-0.1, -0.05) is 0 Å². The Hall–Kier alpha value is -1.64. The first-order valence-electron chi connectivity index (χ1n) is 8.82. The second-order valence-corrected chi connectivity index (χ2v) is 7.87. The average molecular weight is 345 g/mol. The molecule has 0 amide bonds. The van der Waals surface area contributed by atoms with Crippen molar-refractivity contribution in [2.24, 2.45) is 0 Å². The lowest BCUT2D eigenvalue weighted by Crippen LogP contribution is -2.41. The largest absolute Gasteiger partial charge is 0.496 e. The highest BCUT2D eigenvalue weighted by molar-refractivity contribution is 6.62. The maximum Gasteiger partial charge on any atom is 0.496 e. The number of hydrogen-bond acceptors (Lipinski definition) is 5. The van der Waals surface area contributed by atoms with Crippen molar-refractivity contribution >= 4 is 23.7 Å². The number of imidazole rings is 1. The molecule has 0 unspecified atom stereocenters. The van der Waals surface area contributed by atoms with Crippen LogP contribution < -0.4 is 11.2 Å². The first-order chi connectivity index (χ1) is 11.8. The fourth-order valence-corrected chi connectivity index (χ4v) is 3.42. The third kappa shape index (κ3) is 2.72. The van der Waals surface area contributed by atoms with Gasteiger partial charge in [0.25, 0.3) is 0 Å². The van der Waals surface area contributed by atoms with Gasteiger partial charge in [-0.25, -0.2) is 9.78 Å². The van der Waals surface area contributed by atoms with E-state index in [0.29, 0.717) is 24.4 Å². The summed E-state index contributed by atoms with van der Waals surface area (Å²) >= 11 is 0. The number of fused-ring (bicyclic) bond motifs is 1. The molecular formula is C17H24BN3O4. The van der Waals surface area contributed by atoms with Crippen molar-refractivity contribution in [1.82, 2.24) is 14.5 Å². The Labute approximate surface area is 146 Å². The van der Waals surface area contributed by atoms with E-state index in [1.54, 1.807) is 10.8 Å². The van der Waals surface area contributed by atoms with Crippen LogP contribution in [-0.2, 0) is 14.0 Å². The van der Waals surface area contributed by atoms with E-state index in [1.807, 2.05) is 33.8 Å². The van der Waals surface area contributed by atoms with E-state index in [-0.39, 0.29) is 11.7 Å². The number of aromatic amines is 1. The first kappa shape index (κ1) is 16.8. The molecule has 0 aliphatic carbocycles. The minimum absolute atomic E-state index is 0.125. The van der Waals surface area contributed by atoms with Crippen LogP contribution in [0.25, 0.3) is 11.2 Å². The first-order valence-corrected chi connectivity index (χ1v) is 8.82. The van der Waals surface area contributed by atoms with Crippen molar-refractivity contribution in [3.05, 3.63) is 22.7 Å². The van der Waals surface area contributed by atoms with Crippen molar-refractivity contribution in [2.45, 2.75) is 57.8 Å². The zero-order valence-electron chi connectivity index (χ0n) is 15.2. The van der Waals surface area contributed by atoms with Gasteiger partial charge in [-0.2, -0.15) is 0 Å². The lowest BCUT2D eigenvalue weighted by molar-refractivity contribution is 0.00578. The summed E-state index contributed by atoms with van der Waals surface area (Å²) in [5, 5.41) is 0. The normalized spacial score (nSPS) is 23.4. The minimum Gasteiger partial charge on any atom is -0.399 e. The Morgan fingerprint density at radius 2 is 1.84 bits per heavy atom. The van der Waals surface area contributed by atoms with E-state index in [9.17, 15) is 4.79 Å². The van der Waals surface area contributed by atoms with Crippen LogP contribution in [0.5, 0.6) is 0 Å². The number of nitrogens with zero attached hydrogens (tertiary/aromatic N) is 2. The summed E-state index contributed by atoms with van der Waals surface area (Å²) in [7, 11) is -0.489. The standard InChI is InChI=1S/C17H24BN3O4/c1-16(2)17(3,4)25-18(24-16)11-9-13-14(19-10-11)21(15(22)20-13)12-5-7-23-8-6-12/h9-10,12H,5-8H2,1-4H3,(H,20,22). The van der Waals surface area contributed by atoms with Gasteiger partial charge >= 0.3 is 12.8 Å².